The number of amides is 1. The predicted octanol–water partition coefficient (Wildman–Crippen LogP) is 6.20. The molecule has 0 saturated carbocycles. The molecule has 1 aromatic heterocycles. The standard InChI is InChI=1S/C16H12BrF3N2O2.C8H7BrF2N2O.CH4/c1-21-15(23)10-6-12(18)11(17)7-13(10)22(21)8-9-4-2-3-5-14(9)24-16(19)20;1-13(12)8(14)4-2-7(11)5(9)3-6(4)10;/h2-7,16H,8H2,1H3;2-3H,12H2,1H3;1H4. The van der Waals surface area contributed by atoms with Crippen LogP contribution in [0.25, 0.3) is 10.9 Å². The topological polar surface area (TPSA) is 82.5 Å². The minimum Gasteiger partial charge on any atom is -0.434 e. The molecule has 4 rings (SSSR count). The maximum atomic E-state index is 13.7. The van der Waals surface area contributed by atoms with E-state index in [-0.39, 0.29) is 39.6 Å². The first-order chi connectivity index (χ1) is 17.8. The average molecular weight is 682 g/mol. The summed E-state index contributed by atoms with van der Waals surface area (Å²) in [6, 6.07) is 10.7. The molecule has 1 heterocycles. The van der Waals surface area contributed by atoms with Gasteiger partial charge in [-0.2, -0.15) is 8.78 Å². The van der Waals surface area contributed by atoms with Crippen LogP contribution in [-0.2, 0) is 13.6 Å². The molecule has 0 fully saturated rings. The fourth-order valence-corrected chi connectivity index (χ4v) is 4.09. The highest BCUT2D eigenvalue weighted by Crippen LogP contribution is 2.26. The molecule has 0 aliphatic carbocycles. The number of hydrazine groups is 1. The van der Waals surface area contributed by atoms with E-state index in [9.17, 15) is 31.5 Å². The summed E-state index contributed by atoms with van der Waals surface area (Å²) in [7, 11) is 2.78. The Morgan fingerprint density at radius 1 is 1.03 bits per heavy atom. The Bertz CT molecular complexity index is 1560. The Morgan fingerprint density at radius 3 is 2.23 bits per heavy atom. The first-order valence-electron chi connectivity index (χ1n) is 10.6. The van der Waals surface area contributed by atoms with Crippen molar-refractivity contribution in [3.8, 4) is 5.75 Å². The van der Waals surface area contributed by atoms with Gasteiger partial charge in [0, 0.05) is 19.7 Å². The third-order valence-electron chi connectivity index (χ3n) is 5.27. The Hall–Kier alpha value is -3.23. The van der Waals surface area contributed by atoms with Crippen molar-refractivity contribution in [3.05, 3.63) is 96.4 Å². The maximum absolute atomic E-state index is 13.7. The van der Waals surface area contributed by atoms with Crippen LogP contribution >= 0.6 is 31.9 Å². The van der Waals surface area contributed by atoms with E-state index in [1.54, 1.807) is 22.9 Å². The van der Waals surface area contributed by atoms with Crippen LogP contribution in [0.4, 0.5) is 22.0 Å². The number of halogens is 7. The molecule has 3 aromatic carbocycles. The summed E-state index contributed by atoms with van der Waals surface area (Å²) in [6.07, 6.45) is 0. The minimum atomic E-state index is -2.94. The van der Waals surface area contributed by atoms with Crippen molar-refractivity contribution in [1.29, 1.82) is 0 Å². The number of rotatable bonds is 5. The van der Waals surface area contributed by atoms with Crippen molar-refractivity contribution in [3.63, 3.8) is 0 Å². The highest BCUT2D eigenvalue weighted by molar-refractivity contribution is 9.10. The summed E-state index contributed by atoms with van der Waals surface area (Å²) in [6.45, 7) is -2.82. The summed E-state index contributed by atoms with van der Waals surface area (Å²) < 4.78 is 72.5. The van der Waals surface area contributed by atoms with Crippen molar-refractivity contribution in [2.45, 2.75) is 20.6 Å². The molecule has 39 heavy (non-hydrogen) atoms. The average Bonchev–Trinajstić information content (AvgIpc) is 3.06. The second-order valence-corrected chi connectivity index (χ2v) is 9.53. The van der Waals surface area contributed by atoms with Gasteiger partial charge in [0.2, 0.25) is 0 Å². The molecular weight excluding hydrogens is 659 g/mol. The van der Waals surface area contributed by atoms with Crippen molar-refractivity contribution in [2.75, 3.05) is 7.05 Å². The van der Waals surface area contributed by atoms with Gasteiger partial charge in [0.1, 0.15) is 23.2 Å². The zero-order valence-electron chi connectivity index (χ0n) is 19.7. The highest BCUT2D eigenvalue weighted by atomic mass is 79.9. The number of ether oxygens (including phenoxy) is 1. The second kappa shape index (κ2) is 13.2. The van der Waals surface area contributed by atoms with E-state index in [0.717, 1.165) is 18.2 Å². The van der Waals surface area contributed by atoms with E-state index in [2.05, 4.69) is 36.6 Å². The second-order valence-electron chi connectivity index (χ2n) is 7.82. The molecule has 1 amide bonds. The van der Waals surface area contributed by atoms with Crippen LogP contribution < -0.4 is 16.1 Å². The lowest BCUT2D eigenvalue weighted by Gasteiger charge is -2.13. The SMILES string of the molecule is C.CN(N)C(=O)c1cc(F)c(Br)cc1F.Cn1c(=O)c2cc(F)c(Br)cc2n1Cc1ccccc1OC(F)F. The van der Waals surface area contributed by atoms with Crippen LogP contribution in [0, 0.1) is 17.5 Å². The normalized spacial score (nSPS) is 10.6. The van der Waals surface area contributed by atoms with Gasteiger partial charge in [-0.3, -0.25) is 24.0 Å². The van der Waals surface area contributed by atoms with Gasteiger partial charge in [0.15, 0.2) is 0 Å². The molecule has 4 aromatic rings. The van der Waals surface area contributed by atoms with Gasteiger partial charge in [-0.05, 0) is 62.2 Å². The smallest absolute Gasteiger partial charge is 0.387 e. The number of carbonyl (C=O) groups excluding carboxylic acids is 1. The Balaban J connectivity index is 0.000000306. The number of fused-ring (bicyclic) bond motifs is 1. The molecule has 0 spiro atoms. The maximum Gasteiger partial charge on any atom is 0.387 e. The van der Waals surface area contributed by atoms with Crippen LogP contribution in [0.15, 0.2) is 62.3 Å². The van der Waals surface area contributed by atoms with E-state index < -0.39 is 35.5 Å². The first kappa shape index (κ1) is 32.0. The molecular formula is C25H23Br2F5N4O3. The Labute approximate surface area is 236 Å². The first-order valence-corrected chi connectivity index (χ1v) is 12.1. The number of nitrogens with zero attached hydrogens (tertiary/aromatic N) is 3. The molecule has 210 valence electrons. The molecule has 0 atom stereocenters. The van der Waals surface area contributed by atoms with E-state index >= 15 is 0 Å². The van der Waals surface area contributed by atoms with Gasteiger partial charge in [-0.15, -0.1) is 0 Å². The van der Waals surface area contributed by atoms with Crippen molar-refractivity contribution < 1.29 is 31.5 Å². The van der Waals surface area contributed by atoms with Crippen molar-refractivity contribution >= 4 is 48.7 Å². The fourth-order valence-electron chi connectivity index (χ4n) is 3.44. The zero-order valence-corrected chi connectivity index (χ0v) is 22.9. The molecule has 0 radical (unpaired) electrons. The van der Waals surface area contributed by atoms with Gasteiger partial charge in [0.05, 0.1) is 32.0 Å². The van der Waals surface area contributed by atoms with Gasteiger partial charge >= 0.3 is 6.61 Å². The number of hydrogen-bond acceptors (Lipinski definition) is 4. The fraction of sp³-hybridized carbons (Fsp3) is 0.200. The molecule has 7 nitrogen and oxygen atoms in total. The Morgan fingerprint density at radius 2 is 1.62 bits per heavy atom. The Kier molecular flexibility index (Phi) is 10.8. The quantitative estimate of drug-likeness (QED) is 0.0895. The zero-order chi connectivity index (χ0) is 28.3. The van der Waals surface area contributed by atoms with E-state index in [4.69, 9.17) is 5.84 Å². The molecule has 0 aliphatic rings. The molecule has 0 saturated heterocycles. The van der Waals surface area contributed by atoms with Crippen LogP contribution in [0.5, 0.6) is 5.75 Å². The predicted molar refractivity (Wildman–Crippen MR) is 144 cm³/mol. The lowest BCUT2D eigenvalue weighted by molar-refractivity contribution is -0.0505. The molecule has 0 aliphatic heterocycles. The van der Waals surface area contributed by atoms with Gasteiger partial charge < -0.3 is 4.74 Å². The van der Waals surface area contributed by atoms with Gasteiger partial charge in [0.25, 0.3) is 11.5 Å². The lowest BCUT2D eigenvalue weighted by atomic mass is 10.2. The molecule has 0 bridgehead atoms. The number of carbonyl (C=O) groups is 1. The third-order valence-corrected chi connectivity index (χ3v) is 6.49. The number of benzene rings is 3. The number of para-hydroxylation sites is 1. The van der Waals surface area contributed by atoms with E-state index in [1.165, 1.54) is 30.9 Å². The third kappa shape index (κ3) is 7.25. The summed E-state index contributed by atoms with van der Waals surface area (Å²) in [5.74, 6) is 2.28. The van der Waals surface area contributed by atoms with Gasteiger partial charge in [-0.1, -0.05) is 25.6 Å². The molecule has 2 N–H and O–H groups in total. The highest BCUT2D eigenvalue weighted by Gasteiger charge is 2.18. The van der Waals surface area contributed by atoms with Crippen molar-refractivity contribution in [1.82, 2.24) is 14.4 Å². The number of hydrogen-bond donors (Lipinski definition) is 1. The number of alkyl halides is 2. The summed E-state index contributed by atoms with van der Waals surface area (Å²) in [4.78, 5) is 23.5. The minimum absolute atomic E-state index is 0. The van der Waals surface area contributed by atoms with Crippen molar-refractivity contribution in [2.24, 2.45) is 12.9 Å². The number of nitrogens with two attached hydrogens (primary N) is 1. The number of aromatic nitrogens is 2. The van der Waals surface area contributed by atoms with Crippen LogP contribution in [0.1, 0.15) is 23.3 Å². The summed E-state index contributed by atoms with van der Waals surface area (Å²) in [5.41, 5.74) is 0.202. The van der Waals surface area contributed by atoms with Gasteiger partial charge in [-0.25, -0.2) is 19.0 Å². The monoisotopic (exact) mass is 680 g/mol. The summed E-state index contributed by atoms with van der Waals surface area (Å²) >= 11 is 5.89. The summed E-state index contributed by atoms with van der Waals surface area (Å²) in [5, 5.41) is 0.900. The van der Waals surface area contributed by atoms with Crippen LogP contribution in [0.3, 0.4) is 0 Å². The molecule has 0 unspecified atom stereocenters. The lowest BCUT2D eigenvalue weighted by Crippen LogP contribution is -2.33. The van der Waals surface area contributed by atoms with Crippen LogP contribution in [0.2, 0.25) is 0 Å². The van der Waals surface area contributed by atoms with E-state index in [1.807, 2.05) is 0 Å². The van der Waals surface area contributed by atoms with E-state index in [0.29, 0.717) is 16.1 Å². The largest absolute Gasteiger partial charge is 0.434 e. The van der Waals surface area contributed by atoms with Crippen LogP contribution in [-0.4, -0.2) is 33.9 Å². The molecule has 14 heteroatoms.